The zero-order valence-corrected chi connectivity index (χ0v) is 13.2. The van der Waals surface area contributed by atoms with Gasteiger partial charge in [0.2, 0.25) is 5.91 Å². The molecule has 0 unspecified atom stereocenters. The van der Waals surface area contributed by atoms with E-state index in [1.165, 1.54) is 0 Å². The number of hydrogen-bond donors (Lipinski definition) is 0. The third-order valence-electron chi connectivity index (χ3n) is 4.76. The van der Waals surface area contributed by atoms with Crippen LogP contribution in [0.3, 0.4) is 0 Å². The summed E-state index contributed by atoms with van der Waals surface area (Å²) in [5, 5.41) is 3.96. The minimum Gasteiger partial charge on any atom is -0.356 e. The smallest absolute Gasteiger partial charge is 0.225 e. The standard InChI is InChI=1S/C17H20N4O2/c1-11-8-15(23-20-11)14-9-18-10-19-16(14)12-4-6-21(7-5-12)17(22)13-2-3-13/h8-10,12-13H,2-7H2,1H3. The maximum atomic E-state index is 12.2. The summed E-state index contributed by atoms with van der Waals surface area (Å²) < 4.78 is 5.39. The first-order chi connectivity index (χ1) is 11.2. The van der Waals surface area contributed by atoms with Crippen LogP contribution in [0.1, 0.15) is 43.0 Å². The zero-order valence-electron chi connectivity index (χ0n) is 13.2. The molecule has 1 aliphatic carbocycles. The monoisotopic (exact) mass is 312 g/mol. The van der Waals surface area contributed by atoms with E-state index in [9.17, 15) is 4.79 Å². The van der Waals surface area contributed by atoms with Gasteiger partial charge in [-0.05, 0) is 32.6 Å². The highest BCUT2D eigenvalue weighted by Crippen LogP contribution is 2.36. The first-order valence-electron chi connectivity index (χ1n) is 8.25. The molecule has 1 aliphatic heterocycles. The number of amides is 1. The normalized spacial score (nSPS) is 19.1. The van der Waals surface area contributed by atoms with Crippen molar-refractivity contribution in [1.29, 1.82) is 0 Å². The highest BCUT2D eigenvalue weighted by molar-refractivity contribution is 5.81. The van der Waals surface area contributed by atoms with Crippen LogP contribution in [0.25, 0.3) is 11.3 Å². The summed E-state index contributed by atoms with van der Waals surface area (Å²) in [5.41, 5.74) is 2.77. The lowest BCUT2D eigenvalue weighted by Crippen LogP contribution is -2.39. The Hall–Kier alpha value is -2.24. The molecule has 3 heterocycles. The molecule has 2 fully saturated rings. The summed E-state index contributed by atoms with van der Waals surface area (Å²) in [5.74, 6) is 1.70. The number of carbonyl (C=O) groups is 1. The Morgan fingerprint density at radius 3 is 2.70 bits per heavy atom. The lowest BCUT2D eigenvalue weighted by Gasteiger charge is -2.32. The molecule has 2 aromatic heterocycles. The molecule has 0 bridgehead atoms. The number of hydrogen-bond acceptors (Lipinski definition) is 5. The summed E-state index contributed by atoms with van der Waals surface area (Å²) in [7, 11) is 0. The molecule has 0 radical (unpaired) electrons. The Morgan fingerprint density at radius 1 is 1.26 bits per heavy atom. The Bertz CT molecular complexity index is 715. The first kappa shape index (κ1) is 14.4. The van der Waals surface area contributed by atoms with Gasteiger partial charge < -0.3 is 9.42 Å². The van der Waals surface area contributed by atoms with Crippen molar-refractivity contribution >= 4 is 5.91 Å². The fraction of sp³-hybridized carbons (Fsp3) is 0.529. The summed E-state index contributed by atoms with van der Waals surface area (Å²) >= 11 is 0. The predicted octanol–water partition coefficient (Wildman–Crippen LogP) is 2.56. The van der Waals surface area contributed by atoms with E-state index in [0.29, 0.717) is 17.7 Å². The van der Waals surface area contributed by atoms with Crippen molar-refractivity contribution in [3.63, 3.8) is 0 Å². The molecule has 1 amide bonds. The van der Waals surface area contributed by atoms with E-state index in [1.807, 2.05) is 17.9 Å². The largest absolute Gasteiger partial charge is 0.356 e. The van der Waals surface area contributed by atoms with Crippen LogP contribution in [0, 0.1) is 12.8 Å². The molecule has 4 rings (SSSR count). The lowest BCUT2D eigenvalue weighted by molar-refractivity contribution is -0.133. The van der Waals surface area contributed by atoms with Gasteiger partial charge in [0, 0.05) is 37.2 Å². The molecule has 23 heavy (non-hydrogen) atoms. The number of piperidine rings is 1. The van der Waals surface area contributed by atoms with Crippen LogP contribution in [0.2, 0.25) is 0 Å². The van der Waals surface area contributed by atoms with Gasteiger partial charge in [-0.3, -0.25) is 4.79 Å². The van der Waals surface area contributed by atoms with E-state index in [0.717, 1.165) is 61.5 Å². The highest BCUT2D eigenvalue weighted by atomic mass is 16.5. The number of likely N-dealkylation sites (tertiary alicyclic amines) is 1. The third-order valence-corrected chi connectivity index (χ3v) is 4.76. The van der Waals surface area contributed by atoms with Crippen LogP contribution in [0.4, 0.5) is 0 Å². The van der Waals surface area contributed by atoms with Crippen molar-refractivity contribution in [3.05, 3.63) is 30.0 Å². The zero-order chi connectivity index (χ0) is 15.8. The van der Waals surface area contributed by atoms with Crippen LogP contribution in [0.15, 0.2) is 23.1 Å². The summed E-state index contributed by atoms with van der Waals surface area (Å²) in [6, 6.07) is 1.91. The Morgan fingerprint density at radius 2 is 2.04 bits per heavy atom. The van der Waals surface area contributed by atoms with Crippen molar-refractivity contribution in [2.24, 2.45) is 5.92 Å². The van der Waals surface area contributed by atoms with Gasteiger partial charge in [-0.25, -0.2) is 9.97 Å². The second-order valence-corrected chi connectivity index (χ2v) is 6.53. The highest BCUT2D eigenvalue weighted by Gasteiger charge is 2.35. The summed E-state index contributed by atoms with van der Waals surface area (Å²) in [6.07, 6.45) is 7.40. The topological polar surface area (TPSA) is 72.1 Å². The molecule has 6 heteroatoms. The molecule has 2 aromatic rings. The van der Waals surface area contributed by atoms with E-state index >= 15 is 0 Å². The van der Waals surface area contributed by atoms with Crippen LogP contribution in [-0.4, -0.2) is 39.0 Å². The summed E-state index contributed by atoms with van der Waals surface area (Å²) in [6.45, 7) is 3.54. The number of aromatic nitrogens is 3. The maximum absolute atomic E-state index is 12.2. The third kappa shape index (κ3) is 2.85. The van der Waals surface area contributed by atoms with Gasteiger partial charge in [-0.15, -0.1) is 0 Å². The average Bonchev–Trinajstić information content (AvgIpc) is 3.36. The second-order valence-electron chi connectivity index (χ2n) is 6.53. The number of aryl methyl sites for hydroxylation is 1. The minimum atomic E-state index is 0.304. The van der Waals surface area contributed by atoms with Gasteiger partial charge in [0.25, 0.3) is 0 Å². The number of rotatable bonds is 3. The SMILES string of the molecule is Cc1cc(-c2cncnc2C2CCN(C(=O)C3CC3)CC2)on1. The molecule has 120 valence electrons. The van der Waals surface area contributed by atoms with Gasteiger partial charge in [0.05, 0.1) is 17.0 Å². The molecular formula is C17H20N4O2. The van der Waals surface area contributed by atoms with Crippen LogP contribution < -0.4 is 0 Å². The van der Waals surface area contributed by atoms with E-state index in [1.54, 1.807) is 12.5 Å². The van der Waals surface area contributed by atoms with Crippen molar-refractivity contribution in [1.82, 2.24) is 20.0 Å². The second kappa shape index (κ2) is 5.76. The maximum Gasteiger partial charge on any atom is 0.225 e. The van der Waals surface area contributed by atoms with Crippen LogP contribution >= 0.6 is 0 Å². The molecule has 0 N–H and O–H groups in total. The molecular weight excluding hydrogens is 292 g/mol. The molecule has 2 aliphatic rings. The molecule has 1 saturated heterocycles. The molecule has 6 nitrogen and oxygen atoms in total. The first-order valence-corrected chi connectivity index (χ1v) is 8.25. The number of nitrogens with zero attached hydrogens (tertiary/aromatic N) is 4. The van der Waals surface area contributed by atoms with Crippen molar-refractivity contribution in [3.8, 4) is 11.3 Å². The Balaban J connectivity index is 1.52. The van der Waals surface area contributed by atoms with E-state index in [4.69, 9.17) is 4.52 Å². The Kier molecular flexibility index (Phi) is 3.59. The van der Waals surface area contributed by atoms with Gasteiger partial charge in [-0.2, -0.15) is 0 Å². The summed E-state index contributed by atoms with van der Waals surface area (Å²) in [4.78, 5) is 22.8. The minimum absolute atomic E-state index is 0.304. The van der Waals surface area contributed by atoms with Crippen molar-refractivity contribution < 1.29 is 9.32 Å². The molecule has 0 spiro atoms. The predicted molar refractivity (Wildman–Crippen MR) is 83.5 cm³/mol. The Labute approximate surface area is 134 Å². The van der Waals surface area contributed by atoms with E-state index < -0.39 is 0 Å². The van der Waals surface area contributed by atoms with E-state index in [-0.39, 0.29) is 0 Å². The van der Waals surface area contributed by atoms with Gasteiger partial charge >= 0.3 is 0 Å². The fourth-order valence-electron chi connectivity index (χ4n) is 3.31. The van der Waals surface area contributed by atoms with Crippen molar-refractivity contribution in [2.45, 2.75) is 38.5 Å². The van der Waals surface area contributed by atoms with Gasteiger partial charge in [0.15, 0.2) is 5.76 Å². The lowest BCUT2D eigenvalue weighted by atomic mass is 9.90. The quantitative estimate of drug-likeness (QED) is 0.871. The molecule has 0 atom stereocenters. The van der Waals surface area contributed by atoms with Gasteiger partial charge in [-0.1, -0.05) is 5.16 Å². The van der Waals surface area contributed by atoms with Crippen molar-refractivity contribution in [2.75, 3.05) is 13.1 Å². The fourth-order valence-corrected chi connectivity index (χ4v) is 3.31. The molecule has 1 saturated carbocycles. The van der Waals surface area contributed by atoms with Crippen LogP contribution in [-0.2, 0) is 4.79 Å². The number of carbonyl (C=O) groups excluding carboxylic acids is 1. The molecule has 0 aromatic carbocycles. The average molecular weight is 312 g/mol. The van der Waals surface area contributed by atoms with Crippen LogP contribution in [0.5, 0.6) is 0 Å². The van der Waals surface area contributed by atoms with Gasteiger partial charge in [0.1, 0.15) is 6.33 Å². The van der Waals surface area contributed by atoms with E-state index in [2.05, 4.69) is 15.1 Å².